The molecule has 0 atom stereocenters. The van der Waals surface area contributed by atoms with Crippen LogP contribution in [0.1, 0.15) is 5.01 Å². The molecule has 3 heteroatoms. The number of rotatable bonds is 2. The van der Waals surface area contributed by atoms with Crippen molar-refractivity contribution in [2.24, 2.45) is 0 Å². The van der Waals surface area contributed by atoms with Crippen molar-refractivity contribution in [3.63, 3.8) is 0 Å². The number of hydrogen-bond acceptors (Lipinski definition) is 3. The van der Waals surface area contributed by atoms with Gasteiger partial charge in [-0.3, -0.25) is 0 Å². The fourth-order valence-corrected chi connectivity index (χ4v) is 2.17. The van der Waals surface area contributed by atoms with Crippen molar-refractivity contribution < 1.29 is 5.11 Å². The van der Waals surface area contributed by atoms with Gasteiger partial charge in [-0.05, 0) is 12.1 Å². The fraction of sp³-hybridized carbons (Fsp3) is 0.100. The average Bonchev–Trinajstić information content (AvgIpc) is 2.44. The van der Waals surface area contributed by atoms with Crippen LogP contribution in [0, 0.1) is 0 Å². The third-order valence-electron chi connectivity index (χ3n) is 1.69. The third kappa shape index (κ3) is 1.70. The van der Waals surface area contributed by atoms with Crippen LogP contribution in [0.15, 0.2) is 36.6 Å². The number of hydrogen-bond donors (Lipinski definition) is 1. The lowest BCUT2D eigenvalue weighted by molar-refractivity contribution is 0.401. The number of para-hydroxylation sites is 1. The number of allylic oxidation sites excluding steroid dienone is 1. The van der Waals surface area contributed by atoms with Crippen LogP contribution in [0.3, 0.4) is 0 Å². The maximum absolute atomic E-state index is 9.00. The number of thiazole rings is 1. The number of benzene rings is 1. The highest BCUT2D eigenvalue weighted by Crippen LogP contribution is 2.22. The highest BCUT2D eigenvalue weighted by Gasteiger charge is 2.03. The Morgan fingerprint density at radius 1 is 1.46 bits per heavy atom. The first-order valence-electron chi connectivity index (χ1n) is 3.97. The first kappa shape index (κ1) is 8.26. The normalized spacial score (nSPS) is 10.5. The molecule has 1 aromatic heterocycles. The van der Waals surface area contributed by atoms with Crippen molar-refractivity contribution in [3.05, 3.63) is 41.6 Å². The van der Waals surface area contributed by atoms with Crippen molar-refractivity contribution >= 4 is 21.6 Å². The summed E-state index contributed by atoms with van der Waals surface area (Å²) in [6.45, 7) is 3.44. The lowest BCUT2D eigenvalue weighted by atomic mass is 10.3. The molecule has 1 heterocycles. The summed E-state index contributed by atoms with van der Waals surface area (Å²) in [6.07, 6.45) is 0.458. The van der Waals surface area contributed by atoms with Gasteiger partial charge in [0.2, 0.25) is 0 Å². The molecule has 2 nitrogen and oxygen atoms in total. The summed E-state index contributed by atoms with van der Waals surface area (Å²) >= 11 is 1.59. The minimum absolute atomic E-state index is 0.166. The second kappa shape index (κ2) is 3.18. The monoisotopic (exact) mass is 191 g/mol. The summed E-state index contributed by atoms with van der Waals surface area (Å²) < 4.78 is 1.15. The van der Waals surface area contributed by atoms with Gasteiger partial charge in [-0.15, -0.1) is 11.3 Å². The first-order chi connectivity index (χ1) is 6.25. The molecule has 0 amide bonds. The predicted molar refractivity (Wildman–Crippen MR) is 55.1 cm³/mol. The molecule has 1 N–H and O–H groups in total. The Hall–Kier alpha value is -1.35. The van der Waals surface area contributed by atoms with Gasteiger partial charge in [-0.1, -0.05) is 18.7 Å². The first-order valence-corrected chi connectivity index (χ1v) is 4.78. The van der Waals surface area contributed by atoms with E-state index in [0.717, 1.165) is 15.2 Å². The zero-order valence-corrected chi connectivity index (χ0v) is 7.84. The molecular weight excluding hydrogens is 182 g/mol. The molecule has 0 saturated carbocycles. The predicted octanol–water partition coefficient (Wildman–Crippen LogP) is 2.91. The SMILES string of the molecule is C=C(O)Cc1nc2ccccc2s1. The molecule has 1 aromatic carbocycles. The molecule has 0 fully saturated rings. The Kier molecular flexibility index (Phi) is 2.02. The summed E-state index contributed by atoms with van der Waals surface area (Å²) in [7, 11) is 0. The minimum atomic E-state index is 0.166. The summed E-state index contributed by atoms with van der Waals surface area (Å²) in [4.78, 5) is 4.35. The van der Waals surface area contributed by atoms with Crippen LogP contribution in [0.25, 0.3) is 10.2 Å². The standard InChI is InChI=1S/C10H9NOS/c1-7(12)6-10-11-8-4-2-3-5-9(8)13-10/h2-5,12H,1,6H2. The van der Waals surface area contributed by atoms with Gasteiger partial charge in [0, 0.05) is 0 Å². The topological polar surface area (TPSA) is 33.1 Å². The average molecular weight is 191 g/mol. The van der Waals surface area contributed by atoms with Gasteiger partial charge >= 0.3 is 0 Å². The second-order valence-electron chi connectivity index (χ2n) is 2.82. The molecule has 0 unspecified atom stereocenters. The highest BCUT2D eigenvalue weighted by molar-refractivity contribution is 7.18. The van der Waals surface area contributed by atoms with E-state index in [9.17, 15) is 0 Å². The number of aliphatic hydroxyl groups excluding tert-OH is 1. The van der Waals surface area contributed by atoms with Gasteiger partial charge in [-0.25, -0.2) is 4.98 Å². The number of nitrogens with zero attached hydrogens (tertiary/aromatic N) is 1. The van der Waals surface area contributed by atoms with Gasteiger partial charge in [0.25, 0.3) is 0 Å². The molecule has 0 aliphatic carbocycles. The largest absolute Gasteiger partial charge is 0.512 e. The zero-order chi connectivity index (χ0) is 9.26. The molecule has 2 aromatic rings. The van der Waals surface area contributed by atoms with Gasteiger partial charge < -0.3 is 5.11 Å². The maximum atomic E-state index is 9.00. The third-order valence-corrected chi connectivity index (χ3v) is 2.73. The summed E-state index contributed by atoms with van der Waals surface area (Å²) in [5.74, 6) is 0.166. The quantitative estimate of drug-likeness (QED) is 0.740. The lowest BCUT2D eigenvalue weighted by Crippen LogP contribution is -1.84. The molecule has 2 rings (SSSR count). The highest BCUT2D eigenvalue weighted by atomic mass is 32.1. The molecule has 0 saturated heterocycles. The molecule has 0 spiro atoms. The van der Waals surface area contributed by atoms with Gasteiger partial charge in [-0.2, -0.15) is 0 Å². The van der Waals surface area contributed by atoms with E-state index in [0.29, 0.717) is 6.42 Å². The lowest BCUT2D eigenvalue weighted by Gasteiger charge is -1.89. The zero-order valence-electron chi connectivity index (χ0n) is 7.03. The number of aromatic nitrogens is 1. The minimum Gasteiger partial charge on any atom is -0.512 e. The summed E-state index contributed by atoms with van der Waals surface area (Å²) in [6, 6.07) is 7.93. The van der Waals surface area contributed by atoms with E-state index in [2.05, 4.69) is 11.6 Å². The van der Waals surface area contributed by atoms with E-state index < -0.39 is 0 Å². The van der Waals surface area contributed by atoms with Gasteiger partial charge in [0.1, 0.15) is 5.01 Å². The van der Waals surface area contributed by atoms with E-state index >= 15 is 0 Å². The molecule has 0 bridgehead atoms. The molecule has 0 aliphatic rings. The molecular formula is C10H9NOS. The maximum Gasteiger partial charge on any atom is 0.101 e. The van der Waals surface area contributed by atoms with E-state index in [4.69, 9.17) is 5.11 Å². The van der Waals surface area contributed by atoms with Crippen molar-refractivity contribution in [2.45, 2.75) is 6.42 Å². The van der Waals surface area contributed by atoms with Gasteiger partial charge in [0.15, 0.2) is 0 Å². The Labute approximate surface area is 80.2 Å². The smallest absolute Gasteiger partial charge is 0.101 e. The van der Waals surface area contributed by atoms with Crippen molar-refractivity contribution in [3.8, 4) is 0 Å². The van der Waals surface area contributed by atoms with Crippen molar-refractivity contribution in [1.82, 2.24) is 4.98 Å². The van der Waals surface area contributed by atoms with Crippen LogP contribution in [-0.2, 0) is 6.42 Å². The molecule has 13 heavy (non-hydrogen) atoms. The number of fused-ring (bicyclic) bond motifs is 1. The van der Waals surface area contributed by atoms with Crippen LogP contribution in [0.4, 0.5) is 0 Å². The fourth-order valence-electron chi connectivity index (χ4n) is 1.17. The van der Waals surface area contributed by atoms with Crippen LogP contribution in [0.2, 0.25) is 0 Å². The van der Waals surface area contributed by atoms with E-state index in [-0.39, 0.29) is 5.76 Å². The number of aliphatic hydroxyl groups is 1. The van der Waals surface area contributed by atoms with Crippen LogP contribution >= 0.6 is 11.3 Å². The molecule has 66 valence electrons. The molecule has 0 radical (unpaired) electrons. The van der Waals surface area contributed by atoms with Crippen LogP contribution in [-0.4, -0.2) is 10.1 Å². The Morgan fingerprint density at radius 2 is 2.23 bits per heavy atom. The van der Waals surface area contributed by atoms with Crippen molar-refractivity contribution in [1.29, 1.82) is 0 Å². The van der Waals surface area contributed by atoms with E-state index in [1.165, 1.54) is 0 Å². The van der Waals surface area contributed by atoms with Crippen molar-refractivity contribution in [2.75, 3.05) is 0 Å². The van der Waals surface area contributed by atoms with Gasteiger partial charge in [0.05, 0.1) is 22.4 Å². The summed E-state index contributed by atoms with van der Waals surface area (Å²) in [5, 5.41) is 9.91. The Balaban J connectivity index is 2.44. The van der Waals surface area contributed by atoms with Crippen LogP contribution in [0.5, 0.6) is 0 Å². The summed E-state index contributed by atoms with van der Waals surface area (Å²) in [5.41, 5.74) is 0.990. The van der Waals surface area contributed by atoms with Crippen LogP contribution < -0.4 is 0 Å². The molecule has 0 aliphatic heterocycles. The van der Waals surface area contributed by atoms with E-state index in [1.54, 1.807) is 11.3 Å². The Morgan fingerprint density at radius 3 is 2.92 bits per heavy atom. The second-order valence-corrected chi connectivity index (χ2v) is 3.93. The van der Waals surface area contributed by atoms with E-state index in [1.807, 2.05) is 24.3 Å². The Bertz CT molecular complexity index is 414.